The molecule has 0 bridgehead atoms. The van der Waals surface area contributed by atoms with Crippen LogP contribution < -0.4 is 9.47 Å². The summed E-state index contributed by atoms with van der Waals surface area (Å²) in [6.07, 6.45) is -1.95. The number of benzene rings is 1. The van der Waals surface area contributed by atoms with Crippen LogP contribution in [0.4, 0.5) is 13.2 Å². The van der Waals surface area contributed by atoms with Gasteiger partial charge in [0, 0.05) is 13.2 Å². The standard InChI is InChI=1S/C22H27F3N2O6/c23-22(24,25)13-32-16-2-1-3-17-19(16)20(26-33-17)31-12-14-4-7-27(8-5-14)11-15-6-9-30-18(10-15)21(28)29/h1-3,14-15,18H,4-13H2,(H,28,29). The number of nitrogens with zero attached hydrogens (tertiary/aromatic N) is 2. The first kappa shape index (κ1) is 23.6. The molecule has 1 aromatic carbocycles. The van der Waals surface area contributed by atoms with Gasteiger partial charge < -0.3 is 28.7 Å². The minimum Gasteiger partial charge on any atom is -0.483 e. The molecule has 33 heavy (non-hydrogen) atoms. The number of aliphatic carboxylic acids is 1. The lowest BCUT2D eigenvalue weighted by Gasteiger charge is -2.36. The molecule has 2 saturated heterocycles. The highest BCUT2D eigenvalue weighted by Gasteiger charge is 2.31. The van der Waals surface area contributed by atoms with E-state index in [0.29, 0.717) is 36.5 Å². The summed E-state index contributed by atoms with van der Waals surface area (Å²) in [5, 5.41) is 13.3. The average Bonchev–Trinajstić information content (AvgIpc) is 3.21. The van der Waals surface area contributed by atoms with Crippen molar-refractivity contribution >= 4 is 16.9 Å². The van der Waals surface area contributed by atoms with Gasteiger partial charge in [0.05, 0.1) is 6.61 Å². The van der Waals surface area contributed by atoms with E-state index in [1.165, 1.54) is 12.1 Å². The molecular weight excluding hydrogens is 445 g/mol. The van der Waals surface area contributed by atoms with Crippen molar-refractivity contribution < 1.29 is 41.8 Å². The summed E-state index contributed by atoms with van der Waals surface area (Å²) in [5.74, 6) is -0.163. The van der Waals surface area contributed by atoms with Crippen LogP contribution in [0.5, 0.6) is 11.6 Å². The van der Waals surface area contributed by atoms with E-state index in [-0.39, 0.29) is 17.5 Å². The second-order valence-corrected chi connectivity index (χ2v) is 8.66. The van der Waals surface area contributed by atoms with Crippen LogP contribution in [0, 0.1) is 11.8 Å². The number of likely N-dealkylation sites (tertiary alicyclic amines) is 1. The predicted molar refractivity (Wildman–Crippen MR) is 110 cm³/mol. The van der Waals surface area contributed by atoms with Crippen molar-refractivity contribution in [1.82, 2.24) is 10.1 Å². The Morgan fingerprint density at radius 1 is 1.18 bits per heavy atom. The number of carboxylic acids is 1. The zero-order valence-corrected chi connectivity index (χ0v) is 18.1. The summed E-state index contributed by atoms with van der Waals surface area (Å²) in [7, 11) is 0. The van der Waals surface area contributed by atoms with Crippen LogP contribution in [0.2, 0.25) is 0 Å². The van der Waals surface area contributed by atoms with E-state index in [4.69, 9.17) is 23.8 Å². The molecule has 2 fully saturated rings. The molecule has 2 aliphatic heterocycles. The molecule has 182 valence electrons. The molecule has 4 rings (SSSR count). The van der Waals surface area contributed by atoms with E-state index in [1.807, 2.05) is 0 Å². The van der Waals surface area contributed by atoms with Gasteiger partial charge in [0.25, 0.3) is 5.88 Å². The number of hydrogen-bond donors (Lipinski definition) is 1. The van der Waals surface area contributed by atoms with E-state index in [9.17, 15) is 18.0 Å². The molecule has 0 spiro atoms. The van der Waals surface area contributed by atoms with Crippen LogP contribution in [0.1, 0.15) is 25.7 Å². The van der Waals surface area contributed by atoms with Gasteiger partial charge in [-0.15, -0.1) is 0 Å². The number of carboxylic acid groups (broad SMARTS) is 1. The monoisotopic (exact) mass is 472 g/mol. The Kier molecular flexibility index (Phi) is 7.28. The summed E-state index contributed by atoms with van der Waals surface area (Å²) in [5.41, 5.74) is 0.302. The first-order valence-electron chi connectivity index (χ1n) is 11.1. The molecule has 0 aliphatic carbocycles. The summed E-state index contributed by atoms with van der Waals surface area (Å²) in [4.78, 5) is 13.5. The van der Waals surface area contributed by atoms with Crippen molar-refractivity contribution in [3.8, 4) is 11.6 Å². The molecule has 2 aromatic rings. The van der Waals surface area contributed by atoms with Gasteiger partial charge in [-0.05, 0) is 67.9 Å². The second kappa shape index (κ2) is 10.2. The number of fused-ring (bicyclic) bond motifs is 1. The Bertz CT molecular complexity index is 942. The van der Waals surface area contributed by atoms with Gasteiger partial charge in [0.15, 0.2) is 18.3 Å². The normalized spacial score (nSPS) is 23.0. The van der Waals surface area contributed by atoms with Crippen LogP contribution in [-0.2, 0) is 9.53 Å². The number of alkyl halides is 3. The molecule has 11 heteroatoms. The number of aromatic nitrogens is 1. The SMILES string of the molecule is O=C(O)C1CC(CN2CCC(COc3noc4cccc(OCC(F)(F)F)c34)CC2)CCO1. The summed E-state index contributed by atoms with van der Waals surface area (Å²) in [6.45, 7) is 2.06. The van der Waals surface area contributed by atoms with Gasteiger partial charge in [-0.25, -0.2) is 4.79 Å². The van der Waals surface area contributed by atoms with Crippen LogP contribution in [0.3, 0.4) is 0 Å². The summed E-state index contributed by atoms with van der Waals surface area (Å²) >= 11 is 0. The van der Waals surface area contributed by atoms with Gasteiger partial charge in [-0.2, -0.15) is 13.2 Å². The second-order valence-electron chi connectivity index (χ2n) is 8.66. The van der Waals surface area contributed by atoms with Crippen molar-refractivity contribution in [2.24, 2.45) is 11.8 Å². The minimum absolute atomic E-state index is 0.0204. The molecular formula is C22H27F3N2O6. The number of ether oxygens (including phenoxy) is 3. The van der Waals surface area contributed by atoms with Gasteiger partial charge in [0.1, 0.15) is 11.1 Å². The van der Waals surface area contributed by atoms with Gasteiger partial charge in [-0.3, -0.25) is 0 Å². The zero-order chi connectivity index (χ0) is 23.4. The van der Waals surface area contributed by atoms with Crippen molar-refractivity contribution in [1.29, 1.82) is 0 Å². The van der Waals surface area contributed by atoms with Crippen molar-refractivity contribution in [2.45, 2.75) is 38.0 Å². The topological polar surface area (TPSA) is 94.3 Å². The highest BCUT2D eigenvalue weighted by Crippen LogP contribution is 2.35. The van der Waals surface area contributed by atoms with Crippen LogP contribution in [0.15, 0.2) is 22.7 Å². The van der Waals surface area contributed by atoms with Crippen LogP contribution >= 0.6 is 0 Å². The lowest BCUT2D eigenvalue weighted by molar-refractivity contribution is -0.155. The van der Waals surface area contributed by atoms with Crippen molar-refractivity contribution in [3.05, 3.63) is 18.2 Å². The molecule has 3 heterocycles. The first-order chi connectivity index (χ1) is 15.8. The fourth-order valence-corrected chi connectivity index (χ4v) is 4.41. The number of piperidine rings is 1. The maximum Gasteiger partial charge on any atom is 0.422 e. The predicted octanol–water partition coefficient (Wildman–Crippen LogP) is 3.74. The number of halogens is 3. The van der Waals surface area contributed by atoms with Crippen LogP contribution in [-0.4, -0.2) is 72.9 Å². The van der Waals surface area contributed by atoms with E-state index in [2.05, 4.69) is 10.1 Å². The Morgan fingerprint density at radius 2 is 1.97 bits per heavy atom. The van der Waals surface area contributed by atoms with E-state index in [0.717, 1.165) is 38.9 Å². The fourth-order valence-electron chi connectivity index (χ4n) is 4.41. The fraction of sp³-hybridized carbons (Fsp3) is 0.636. The lowest BCUT2D eigenvalue weighted by Crippen LogP contribution is -2.42. The van der Waals surface area contributed by atoms with E-state index in [1.54, 1.807) is 6.07 Å². The largest absolute Gasteiger partial charge is 0.483 e. The third kappa shape index (κ3) is 6.29. The smallest absolute Gasteiger partial charge is 0.422 e. The quantitative estimate of drug-likeness (QED) is 0.621. The zero-order valence-electron chi connectivity index (χ0n) is 18.1. The number of hydrogen-bond acceptors (Lipinski definition) is 7. The third-order valence-corrected chi connectivity index (χ3v) is 6.17. The minimum atomic E-state index is -4.45. The number of rotatable bonds is 8. The lowest BCUT2D eigenvalue weighted by atomic mass is 9.92. The molecule has 0 radical (unpaired) electrons. The third-order valence-electron chi connectivity index (χ3n) is 6.17. The molecule has 0 amide bonds. The molecule has 2 atom stereocenters. The van der Waals surface area contributed by atoms with Crippen molar-refractivity contribution in [3.63, 3.8) is 0 Å². The summed E-state index contributed by atoms with van der Waals surface area (Å²) in [6, 6.07) is 4.57. The summed E-state index contributed by atoms with van der Waals surface area (Å²) < 4.78 is 58.9. The molecule has 1 aromatic heterocycles. The van der Waals surface area contributed by atoms with Crippen LogP contribution in [0.25, 0.3) is 11.0 Å². The van der Waals surface area contributed by atoms with Gasteiger partial charge in [-0.1, -0.05) is 6.07 Å². The molecule has 8 nitrogen and oxygen atoms in total. The maximum atomic E-state index is 12.6. The molecule has 2 unspecified atom stereocenters. The van der Waals surface area contributed by atoms with Gasteiger partial charge in [0.2, 0.25) is 0 Å². The maximum absolute atomic E-state index is 12.6. The highest BCUT2D eigenvalue weighted by atomic mass is 19.4. The van der Waals surface area contributed by atoms with E-state index >= 15 is 0 Å². The number of carbonyl (C=O) groups is 1. The Labute approximate surface area is 188 Å². The highest BCUT2D eigenvalue weighted by molar-refractivity contribution is 5.88. The Morgan fingerprint density at radius 3 is 2.70 bits per heavy atom. The average molecular weight is 472 g/mol. The Hall–Kier alpha value is -2.53. The molecule has 2 aliphatic rings. The Balaban J connectivity index is 1.27. The molecule has 0 saturated carbocycles. The first-order valence-corrected chi connectivity index (χ1v) is 11.1. The van der Waals surface area contributed by atoms with Crippen molar-refractivity contribution in [2.75, 3.05) is 39.5 Å². The van der Waals surface area contributed by atoms with E-state index < -0.39 is 24.9 Å². The molecule has 1 N–H and O–H groups in total. The van der Waals surface area contributed by atoms with Gasteiger partial charge >= 0.3 is 12.1 Å².